The van der Waals surface area contributed by atoms with Crippen molar-refractivity contribution in [3.63, 3.8) is 0 Å². The molecule has 0 saturated heterocycles. The molecule has 0 aliphatic rings. The number of hydrogen-bond acceptors (Lipinski definition) is 5. The summed E-state index contributed by atoms with van der Waals surface area (Å²) in [5.41, 5.74) is -1.07. The van der Waals surface area contributed by atoms with Crippen molar-refractivity contribution in [1.82, 2.24) is 14.7 Å². The maximum Gasteiger partial charge on any atom is 0.288 e. The second-order valence-electron chi connectivity index (χ2n) is 3.78. The maximum atomic E-state index is 11.7. The molecule has 0 fully saturated rings. The fourth-order valence-corrected chi connectivity index (χ4v) is 1.55. The van der Waals surface area contributed by atoms with Crippen molar-refractivity contribution in [1.29, 1.82) is 0 Å². The minimum atomic E-state index is -0.561. The average Bonchev–Trinajstić information content (AvgIpc) is 2.33. The summed E-state index contributed by atoms with van der Waals surface area (Å²) >= 11 is 0. The Balaban J connectivity index is 2.62. The summed E-state index contributed by atoms with van der Waals surface area (Å²) in [4.78, 5) is 34.7. The third-order valence-electron chi connectivity index (χ3n) is 2.46. The monoisotopic (exact) mass is 251 g/mol. The van der Waals surface area contributed by atoms with E-state index in [-0.39, 0.29) is 11.0 Å². The van der Waals surface area contributed by atoms with Crippen LogP contribution in [0.1, 0.15) is 19.8 Å². The second kappa shape index (κ2) is 4.91. The fourth-order valence-electron chi connectivity index (χ4n) is 1.55. The third kappa shape index (κ3) is 2.06. The van der Waals surface area contributed by atoms with Gasteiger partial charge in [0.05, 0.1) is 6.33 Å². The summed E-state index contributed by atoms with van der Waals surface area (Å²) in [6, 6.07) is 0.936. The number of pyridine rings is 1. The molecule has 2 rings (SSSR count). The second-order valence-corrected chi connectivity index (χ2v) is 3.78. The molecule has 0 aromatic carbocycles. The lowest BCUT2D eigenvalue weighted by molar-refractivity contribution is 0.108. The summed E-state index contributed by atoms with van der Waals surface area (Å²) in [6.07, 6.45) is 2.85. The van der Waals surface area contributed by atoms with Gasteiger partial charge in [-0.2, -0.15) is 0 Å². The predicted octanol–water partition coefficient (Wildman–Crippen LogP) is 0.0191. The number of fused-ring (bicyclic) bond motifs is 1. The number of aromatic hydroxyl groups is 1. The van der Waals surface area contributed by atoms with E-state index in [1.54, 1.807) is 0 Å². The Morgan fingerprint density at radius 1 is 1.50 bits per heavy atom. The van der Waals surface area contributed by atoms with Crippen LogP contribution >= 0.6 is 0 Å². The molecule has 0 radical (unpaired) electrons. The van der Waals surface area contributed by atoms with Gasteiger partial charge in [0, 0.05) is 6.07 Å². The molecule has 2 N–H and O–H groups in total. The van der Waals surface area contributed by atoms with Gasteiger partial charge in [-0.3, -0.25) is 9.59 Å². The first-order chi connectivity index (χ1) is 8.65. The normalized spacial score (nSPS) is 10.7. The number of unbranched alkanes of at least 4 members (excludes halogenated alkanes) is 1. The van der Waals surface area contributed by atoms with Crippen LogP contribution in [0.25, 0.3) is 11.0 Å². The van der Waals surface area contributed by atoms with Crippen LogP contribution in [0.15, 0.2) is 22.0 Å². The minimum Gasteiger partial charge on any atom is -0.507 e. The molecule has 2 aromatic heterocycles. The molecular formula is C11H13N3O4. The van der Waals surface area contributed by atoms with E-state index in [2.05, 4.69) is 9.97 Å². The highest BCUT2D eigenvalue weighted by Crippen LogP contribution is 2.15. The molecule has 0 bridgehead atoms. The molecule has 2 aromatic rings. The lowest BCUT2D eigenvalue weighted by atomic mass is 10.3. The Hall–Kier alpha value is -2.31. The first kappa shape index (κ1) is 12.2. The SMILES string of the molecule is CCCCOn1c(=O)cc(O)c2c(=O)[nH]cnc21. The van der Waals surface area contributed by atoms with Gasteiger partial charge in [0.1, 0.15) is 17.7 Å². The van der Waals surface area contributed by atoms with E-state index >= 15 is 0 Å². The van der Waals surface area contributed by atoms with Gasteiger partial charge in [-0.05, 0) is 6.42 Å². The van der Waals surface area contributed by atoms with Gasteiger partial charge < -0.3 is 14.9 Å². The Kier molecular flexibility index (Phi) is 3.31. The summed E-state index contributed by atoms with van der Waals surface area (Å²) < 4.78 is 0.931. The lowest BCUT2D eigenvalue weighted by Crippen LogP contribution is -2.29. The van der Waals surface area contributed by atoms with E-state index in [0.29, 0.717) is 6.61 Å². The summed E-state index contributed by atoms with van der Waals surface area (Å²) in [7, 11) is 0. The zero-order chi connectivity index (χ0) is 13.1. The molecule has 0 aliphatic carbocycles. The number of nitrogens with one attached hydrogen (secondary N) is 1. The predicted molar refractivity (Wildman–Crippen MR) is 64.6 cm³/mol. The van der Waals surface area contributed by atoms with Crippen molar-refractivity contribution in [3.8, 4) is 5.75 Å². The number of hydrogen-bond donors (Lipinski definition) is 2. The molecule has 18 heavy (non-hydrogen) atoms. The van der Waals surface area contributed by atoms with Gasteiger partial charge in [0.15, 0.2) is 5.65 Å². The molecule has 0 atom stereocenters. The van der Waals surface area contributed by atoms with Gasteiger partial charge in [0.25, 0.3) is 11.1 Å². The lowest BCUT2D eigenvalue weighted by Gasteiger charge is -2.10. The van der Waals surface area contributed by atoms with Crippen molar-refractivity contribution < 1.29 is 9.94 Å². The smallest absolute Gasteiger partial charge is 0.288 e. The summed E-state index contributed by atoms with van der Waals surface area (Å²) in [6.45, 7) is 2.33. The Bertz CT molecular complexity index is 674. The number of rotatable bonds is 4. The first-order valence-corrected chi connectivity index (χ1v) is 5.61. The van der Waals surface area contributed by atoms with Gasteiger partial charge in [-0.15, -0.1) is 4.73 Å². The van der Waals surface area contributed by atoms with Crippen molar-refractivity contribution in [3.05, 3.63) is 33.1 Å². The highest BCUT2D eigenvalue weighted by molar-refractivity contribution is 5.80. The molecule has 0 spiro atoms. The molecule has 7 nitrogen and oxygen atoms in total. The highest BCUT2D eigenvalue weighted by atomic mass is 16.7. The number of H-pyrrole nitrogens is 1. The van der Waals surface area contributed by atoms with E-state index in [4.69, 9.17) is 4.84 Å². The van der Waals surface area contributed by atoms with Crippen LogP contribution in [0.5, 0.6) is 5.75 Å². The van der Waals surface area contributed by atoms with Gasteiger partial charge in [0.2, 0.25) is 0 Å². The quantitative estimate of drug-likeness (QED) is 0.746. The summed E-state index contributed by atoms with van der Waals surface area (Å²) in [5.74, 6) is -0.403. The molecule has 0 saturated carbocycles. The Morgan fingerprint density at radius 2 is 2.28 bits per heavy atom. The third-order valence-corrected chi connectivity index (χ3v) is 2.46. The Labute approximate surface area is 102 Å². The van der Waals surface area contributed by atoms with Gasteiger partial charge in [-0.1, -0.05) is 13.3 Å². The van der Waals surface area contributed by atoms with Crippen molar-refractivity contribution in [2.75, 3.05) is 6.61 Å². The van der Waals surface area contributed by atoms with Crippen LogP contribution in [-0.2, 0) is 0 Å². The van der Waals surface area contributed by atoms with Crippen LogP contribution in [-0.4, -0.2) is 26.4 Å². The number of aromatic amines is 1. The standard InChI is InChI=1S/C11H13N3O4/c1-2-3-4-18-14-8(16)5-7(15)9-10(14)12-6-13-11(9)17/h5-6,15H,2-4H2,1H3,(H,12,13,17). The van der Waals surface area contributed by atoms with Crippen molar-refractivity contribution in [2.24, 2.45) is 0 Å². The zero-order valence-corrected chi connectivity index (χ0v) is 9.84. The van der Waals surface area contributed by atoms with Crippen LogP contribution in [0, 0.1) is 0 Å². The minimum absolute atomic E-state index is 0.0138. The van der Waals surface area contributed by atoms with E-state index in [1.807, 2.05) is 6.92 Å². The molecule has 2 heterocycles. The highest BCUT2D eigenvalue weighted by Gasteiger charge is 2.13. The van der Waals surface area contributed by atoms with E-state index in [1.165, 1.54) is 0 Å². The van der Waals surface area contributed by atoms with Gasteiger partial charge in [-0.25, -0.2) is 4.98 Å². The van der Waals surface area contributed by atoms with Crippen molar-refractivity contribution >= 4 is 11.0 Å². The van der Waals surface area contributed by atoms with Gasteiger partial charge >= 0.3 is 0 Å². The van der Waals surface area contributed by atoms with E-state index in [9.17, 15) is 14.7 Å². The number of nitrogens with zero attached hydrogens (tertiary/aromatic N) is 2. The molecule has 0 amide bonds. The van der Waals surface area contributed by atoms with Crippen LogP contribution in [0.3, 0.4) is 0 Å². The fraction of sp³-hybridized carbons (Fsp3) is 0.364. The average molecular weight is 251 g/mol. The largest absolute Gasteiger partial charge is 0.507 e. The molecular weight excluding hydrogens is 238 g/mol. The van der Waals surface area contributed by atoms with Crippen LogP contribution in [0.4, 0.5) is 0 Å². The van der Waals surface area contributed by atoms with E-state index < -0.39 is 16.9 Å². The van der Waals surface area contributed by atoms with Crippen molar-refractivity contribution in [2.45, 2.75) is 19.8 Å². The van der Waals surface area contributed by atoms with Crippen LogP contribution in [0.2, 0.25) is 0 Å². The molecule has 7 heteroatoms. The molecule has 96 valence electrons. The topological polar surface area (TPSA) is 97.2 Å². The molecule has 0 unspecified atom stereocenters. The molecule has 0 aliphatic heterocycles. The van der Waals surface area contributed by atoms with Crippen LogP contribution < -0.4 is 16.0 Å². The van der Waals surface area contributed by atoms with E-state index in [0.717, 1.165) is 30.0 Å². The first-order valence-electron chi connectivity index (χ1n) is 5.61. The summed E-state index contributed by atoms with van der Waals surface area (Å²) in [5, 5.41) is 9.54. The zero-order valence-electron chi connectivity index (χ0n) is 9.84. The Morgan fingerprint density at radius 3 is 3.00 bits per heavy atom. The number of aromatic nitrogens is 3. The maximum absolute atomic E-state index is 11.7.